The fourth-order valence-electron chi connectivity index (χ4n) is 1.99. The molecule has 4 nitrogen and oxygen atoms in total. The van der Waals surface area contributed by atoms with E-state index < -0.39 is 0 Å². The number of hydrogen-bond acceptors (Lipinski definition) is 4. The predicted octanol–water partition coefficient (Wildman–Crippen LogP) is 2.59. The summed E-state index contributed by atoms with van der Waals surface area (Å²) in [4.78, 5) is 34.0. The molecule has 20 heavy (non-hydrogen) atoms. The Labute approximate surface area is 119 Å². The molecule has 0 bridgehead atoms. The maximum atomic E-state index is 12.0. The molecule has 1 aromatic carbocycles. The van der Waals surface area contributed by atoms with Gasteiger partial charge in [0.15, 0.2) is 5.78 Å². The van der Waals surface area contributed by atoms with Crippen LogP contribution in [0.2, 0.25) is 0 Å². The number of rotatable bonds is 8. The third kappa shape index (κ3) is 4.61. The number of aldehydes is 1. The molecule has 1 atom stereocenters. The molecule has 4 heteroatoms. The maximum Gasteiger partial charge on any atom is 0.308 e. The summed E-state index contributed by atoms with van der Waals surface area (Å²) < 4.78 is 4.97. The molecule has 0 saturated carbocycles. The summed E-state index contributed by atoms with van der Waals surface area (Å²) >= 11 is 0. The van der Waals surface area contributed by atoms with Crippen molar-refractivity contribution >= 4 is 18.0 Å². The third-order valence-electron chi connectivity index (χ3n) is 3.02. The Kier molecular flexibility index (Phi) is 6.64. The first kappa shape index (κ1) is 16.1. The molecule has 0 aliphatic rings. The summed E-state index contributed by atoms with van der Waals surface area (Å²) in [6.45, 7) is 3.90. The lowest BCUT2D eigenvalue weighted by molar-refractivity contribution is -0.147. The molecular weight excluding hydrogens is 256 g/mol. The molecule has 0 N–H and O–H groups in total. The lowest BCUT2D eigenvalue weighted by Gasteiger charge is -2.13. The van der Waals surface area contributed by atoms with Crippen LogP contribution in [0.1, 0.15) is 42.6 Å². The molecule has 0 amide bonds. The molecule has 0 fully saturated rings. The fourth-order valence-corrected chi connectivity index (χ4v) is 1.99. The molecule has 0 aromatic heterocycles. The minimum absolute atomic E-state index is 0.0660. The van der Waals surface area contributed by atoms with Gasteiger partial charge >= 0.3 is 5.97 Å². The number of ether oxygens (including phenoxy) is 1. The molecule has 0 saturated heterocycles. The van der Waals surface area contributed by atoms with Gasteiger partial charge < -0.3 is 9.53 Å². The van der Waals surface area contributed by atoms with Crippen LogP contribution in [0.4, 0.5) is 0 Å². The second kappa shape index (κ2) is 8.25. The van der Waals surface area contributed by atoms with Gasteiger partial charge in [0.05, 0.1) is 12.5 Å². The van der Waals surface area contributed by atoms with Crippen LogP contribution in [0, 0.1) is 5.92 Å². The van der Waals surface area contributed by atoms with Crippen LogP contribution in [0.15, 0.2) is 24.3 Å². The van der Waals surface area contributed by atoms with E-state index in [1.165, 1.54) is 0 Å². The van der Waals surface area contributed by atoms with Crippen molar-refractivity contribution in [2.24, 2.45) is 5.92 Å². The Hall–Kier alpha value is -1.97. The van der Waals surface area contributed by atoms with Gasteiger partial charge in [-0.2, -0.15) is 0 Å². The summed E-state index contributed by atoms with van der Waals surface area (Å²) in [5.74, 6) is -0.624. The van der Waals surface area contributed by atoms with E-state index in [9.17, 15) is 14.4 Å². The van der Waals surface area contributed by atoms with E-state index in [1.54, 1.807) is 26.0 Å². The number of hydrogen-bond donors (Lipinski definition) is 0. The van der Waals surface area contributed by atoms with E-state index in [0.29, 0.717) is 18.6 Å². The SMILES string of the molecule is CCOC(=O)C(C)Cc1ccccc1C(=O)CCC=O. The normalized spacial score (nSPS) is 11.7. The molecule has 108 valence electrons. The number of carbonyl (C=O) groups is 3. The highest BCUT2D eigenvalue weighted by Gasteiger charge is 2.18. The Morgan fingerprint density at radius 1 is 1.30 bits per heavy atom. The Bertz CT molecular complexity index is 479. The first-order chi connectivity index (χ1) is 9.60. The first-order valence-electron chi connectivity index (χ1n) is 6.81. The predicted molar refractivity (Wildman–Crippen MR) is 75.6 cm³/mol. The monoisotopic (exact) mass is 276 g/mol. The molecule has 0 aliphatic carbocycles. The zero-order chi connectivity index (χ0) is 15.0. The topological polar surface area (TPSA) is 60.4 Å². The Balaban J connectivity index is 2.82. The molecule has 1 aromatic rings. The van der Waals surface area contributed by atoms with Crippen LogP contribution in [-0.4, -0.2) is 24.6 Å². The number of benzene rings is 1. The highest BCUT2D eigenvalue weighted by molar-refractivity contribution is 5.98. The third-order valence-corrected chi connectivity index (χ3v) is 3.02. The van der Waals surface area contributed by atoms with E-state index in [2.05, 4.69) is 0 Å². The van der Waals surface area contributed by atoms with Crippen LogP contribution in [0.25, 0.3) is 0 Å². The van der Waals surface area contributed by atoms with Gasteiger partial charge in [0, 0.05) is 18.4 Å². The molecule has 0 heterocycles. The Morgan fingerprint density at radius 3 is 2.65 bits per heavy atom. The number of esters is 1. The van der Waals surface area contributed by atoms with Crippen LogP contribution < -0.4 is 0 Å². The minimum Gasteiger partial charge on any atom is -0.466 e. The summed E-state index contributed by atoms with van der Waals surface area (Å²) in [5.41, 5.74) is 1.41. The zero-order valence-electron chi connectivity index (χ0n) is 11.9. The van der Waals surface area contributed by atoms with Crippen molar-refractivity contribution in [1.82, 2.24) is 0 Å². The van der Waals surface area contributed by atoms with E-state index in [4.69, 9.17) is 4.74 Å². The maximum absolute atomic E-state index is 12.0. The lowest BCUT2D eigenvalue weighted by atomic mass is 9.93. The van der Waals surface area contributed by atoms with Crippen LogP contribution in [0.5, 0.6) is 0 Å². The highest BCUT2D eigenvalue weighted by Crippen LogP contribution is 2.17. The molecule has 0 aliphatic heterocycles. The lowest BCUT2D eigenvalue weighted by Crippen LogP contribution is -2.18. The second-order valence-electron chi connectivity index (χ2n) is 4.64. The fraction of sp³-hybridized carbons (Fsp3) is 0.438. The highest BCUT2D eigenvalue weighted by atomic mass is 16.5. The number of ketones is 1. The molecule has 1 unspecified atom stereocenters. The minimum atomic E-state index is -0.296. The Morgan fingerprint density at radius 2 is 2.00 bits per heavy atom. The van der Waals surface area contributed by atoms with Gasteiger partial charge in [0.1, 0.15) is 6.29 Å². The van der Waals surface area contributed by atoms with E-state index >= 15 is 0 Å². The molecule has 0 radical (unpaired) electrons. The summed E-state index contributed by atoms with van der Waals surface area (Å²) in [7, 11) is 0. The average Bonchev–Trinajstić information content (AvgIpc) is 2.45. The van der Waals surface area contributed by atoms with Gasteiger partial charge in [0.25, 0.3) is 0 Å². The second-order valence-corrected chi connectivity index (χ2v) is 4.64. The van der Waals surface area contributed by atoms with Crippen molar-refractivity contribution in [1.29, 1.82) is 0 Å². The van der Waals surface area contributed by atoms with Gasteiger partial charge in [-0.1, -0.05) is 31.2 Å². The number of Topliss-reactive ketones (excluding diaryl/α,β-unsaturated/α-hetero) is 1. The number of carbonyl (C=O) groups excluding carboxylic acids is 3. The van der Waals surface area contributed by atoms with E-state index in [1.807, 2.05) is 12.1 Å². The summed E-state index contributed by atoms with van der Waals surface area (Å²) in [5, 5.41) is 0. The molecule has 0 spiro atoms. The van der Waals surface area contributed by atoms with Gasteiger partial charge in [-0.3, -0.25) is 9.59 Å². The van der Waals surface area contributed by atoms with E-state index in [0.717, 1.165) is 11.8 Å². The zero-order valence-corrected chi connectivity index (χ0v) is 11.9. The standard InChI is InChI=1S/C16H20O4/c1-3-20-16(19)12(2)11-13-7-4-5-8-14(13)15(18)9-6-10-17/h4-5,7-8,10,12H,3,6,9,11H2,1-2H3. The average molecular weight is 276 g/mol. The van der Waals surface area contributed by atoms with Crippen molar-refractivity contribution < 1.29 is 19.1 Å². The summed E-state index contributed by atoms with van der Waals surface area (Å²) in [6.07, 6.45) is 1.62. The first-order valence-corrected chi connectivity index (χ1v) is 6.81. The molecule has 1 rings (SSSR count). The van der Waals surface area contributed by atoms with Crippen LogP contribution in [0.3, 0.4) is 0 Å². The van der Waals surface area contributed by atoms with E-state index in [-0.39, 0.29) is 30.5 Å². The molecular formula is C16H20O4. The van der Waals surface area contributed by atoms with Gasteiger partial charge in [-0.05, 0) is 18.9 Å². The van der Waals surface area contributed by atoms with Crippen molar-refractivity contribution in [3.05, 3.63) is 35.4 Å². The van der Waals surface area contributed by atoms with Crippen LogP contribution >= 0.6 is 0 Å². The van der Waals surface area contributed by atoms with Crippen LogP contribution in [-0.2, 0) is 20.7 Å². The van der Waals surface area contributed by atoms with Crippen molar-refractivity contribution in [3.8, 4) is 0 Å². The van der Waals surface area contributed by atoms with Crippen molar-refractivity contribution in [2.75, 3.05) is 6.61 Å². The smallest absolute Gasteiger partial charge is 0.308 e. The largest absolute Gasteiger partial charge is 0.466 e. The van der Waals surface area contributed by atoms with Gasteiger partial charge in [-0.15, -0.1) is 0 Å². The van der Waals surface area contributed by atoms with Gasteiger partial charge in [-0.25, -0.2) is 0 Å². The summed E-state index contributed by atoms with van der Waals surface area (Å²) in [6, 6.07) is 7.20. The van der Waals surface area contributed by atoms with Gasteiger partial charge in [0.2, 0.25) is 0 Å². The quantitative estimate of drug-likeness (QED) is 0.416. The van der Waals surface area contributed by atoms with Crippen molar-refractivity contribution in [2.45, 2.75) is 33.1 Å². The van der Waals surface area contributed by atoms with Crippen molar-refractivity contribution in [3.63, 3.8) is 0 Å².